The molecule has 1 aliphatic heterocycles. The van der Waals surface area contributed by atoms with Gasteiger partial charge in [0.25, 0.3) is 21.9 Å². The lowest BCUT2D eigenvalue weighted by Gasteiger charge is -2.19. The van der Waals surface area contributed by atoms with Crippen molar-refractivity contribution in [1.29, 1.82) is 0 Å². The molecule has 0 aromatic heterocycles. The van der Waals surface area contributed by atoms with E-state index in [1.165, 1.54) is 17.9 Å². The van der Waals surface area contributed by atoms with E-state index in [2.05, 4.69) is 9.50 Å². The number of halogens is 2. The lowest BCUT2D eigenvalue weighted by atomic mass is 10.1. The van der Waals surface area contributed by atoms with Crippen molar-refractivity contribution < 1.29 is 27.0 Å². The van der Waals surface area contributed by atoms with Crippen molar-refractivity contribution in [2.24, 2.45) is 0 Å². The van der Waals surface area contributed by atoms with E-state index in [1.54, 1.807) is 37.4 Å². The molecule has 0 radical (unpaired) electrons. The van der Waals surface area contributed by atoms with E-state index < -0.39 is 10.1 Å². The molecule has 3 amide bonds. The number of carbonyl (C=O) groups is 3. The van der Waals surface area contributed by atoms with Gasteiger partial charge in [-0.25, -0.2) is 0 Å². The third-order valence-electron chi connectivity index (χ3n) is 4.06. The molecule has 11 heteroatoms. The minimum absolute atomic E-state index is 0.189. The number of hydrogen-bond donors (Lipinski definition) is 1. The zero-order valence-electron chi connectivity index (χ0n) is 16.2. The number of hydrogen-bond acceptors (Lipinski definition) is 6. The maximum Gasteiger partial charge on any atom is 0.264 e. The van der Waals surface area contributed by atoms with Gasteiger partial charge in [-0.2, -0.15) is 8.42 Å². The first-order valence-corrected chi connectivity index (χ1v) is 11.0. The molecule has 0 saturated heterocycles. The minimum Gasteiger partial charge on any atom is -0.314 e. The summed E-state index contributed by atoms with van der Waals surface area (Å²) in [6, 6.07) is 9.85. The van der Waals surface area contributed by atoms with Crippen LogP contribution in [0.3, 0.4) is 0 Å². The molecule has 8 nitrogen and oxygen atoms in total. The number of anilines is 1. The Morgan fingerprint density at radius 3 is 2.07 bits per heavy atom. The molecule has 0 atom stereocenters. The van der Waals surface area contributed by atoms with Crippen molar-refractivity contribution in [2.75, 3.05) is 18.2 Å². The van der Waals surface area contributed by atoms with Crippen LogP contribution < -0.4 is 10.2 Å². The second-order valence-electron chi connectivity index (χ2n) is 6.23. The molecule has 1 N–H and O–H groups in total. The van der Waals surface area contributed by atoms with E-state index >= 15 is 0 Å². The first kappa shape index (κ1) is 23.8. The van der Waals surface area contributed by atoms with Crippen LogP contribution in [0.4, 0.5) is 5.69 Å². The largest absolute Gasteiger partial charge is 0.314 e. The molecule has 1 heterocycles. The smallest absolute Gasteiger partial charge is 0.264 e. The van der Waals surface area contributed by atoms with Gasteiger partial charge in [0.05, 0.1) is 34.7 Å². The molecule has 0 saturated carbocycles. The predicted molar refractivity (Wildman–Crippen MR) is 113 cm³/mol. The average molecular weight is 473 g/mol. The van der Waals surface area contributed by atoms with Gasteiger partial charge in [-0.15, -0.1) is 0 Å². The highest BCUT2D eigenvalue weighted by molar-refractivity contribution is 7.85. The summed E-state index contributed by atoms with van der Waals surface area (Å²) in [5, 5.41) is 2.67. The van der Waals surface area contributed by atoms with Crippen LogP contribution in [0.2, 0.25) is 10.0 Å². The minimum atomic E-state index is -3.60. The van der Waals surface area contributed by atoms with Gasteiger partial charge in [0.1, 0.15) is 0 Å². The Balaban J connectivity index is 0.000000244. The van der Waals surface area contributed by atoms with Gasteiger partial charge < -0.3 is 4.90 Å². The van der Waals surface area contributed by atoms with Gasteiger partial charge in [-0.3, -0.25) is 23.9 Å². The molecule has 0 aliphatic carbocycles. The number of benzene rings is 2. The molecule has 3 rings (SSSR count). The summed E-state index contributed by atoms with van der Waals surface area (Å²) in [6.45, 7) is 1.10. The fourth-order valence-corrected chi connectivity index (χ4v) is 3.37. The number of amides is 3. The standard InChI is InChI=1S/C11H13Cl2NO4S.C8H5NO2/c1-7(15)14(2)10-5-4-9(12)8(11(10)13)6-18-19(3,16)17;10-7-5-3-1-2-4-6(5)8(11)9-7/h4-5H,6H2,1-3H3;1-4H,(H,9,10,11). The number of rotatable bonds is 4. The van der Waals surface area contributed by atoms with Gasteiger partial charge in [-0.1, -0.05) is 35.3 Å². The van der Waals surface area contributed by atoms with E-state index in [4.69, 9.17) is 23.2 Å². The summed E-state index contributed by atoms with van der Waals surface area (Å²) in [4.78, 5) is 34.5. The van der Waals surface area contributed by atoms with Gasteiger partial charge in [-0.05, 0) is 24.3 Å². The van der Waals surface area contributed by atoms with Crippen LogP contribution in [0.15, 0.2) is 36.4 Å². The molecule has 0 fully saturated rings. The van der Waals surface area contributed by atoms with Crippen LogP contribution >= 0.6 is 23.2 Å². The summed E-state index contributed by atoms with van der Waals surface area (Å²) in [5.41, 5.74) is 1.69. The van der Waals surface area contributed by atoms with Crippen molar-refractivity contribution in [2.45, 2.75) is 13.5 Å². The molecule has 30 heavy (non-hydrogen) atoms. The Bertz CT molecular complexity index is 1090. The van der Waals surface area contributed by atoms with E-state index in [1.807, 2.05) is 0 Å². The van der Waals surface area contributed by atoms with E-state index in [0.717, 1.165) is 6.26 Å². The maximum atomic E-state index is 11.3. The molecule has 2 aromatic rings. The second-order valence-corrected chi connectivity index (χ2v) is 8.66. The maximum absolute atomic E-state index is 11.3. The average Bonchev–Trinajstić information content (AvgIpc) is 2.95. The second kappa shape index (κ2) is 9.57. The normalized spacial score (nSPS) is 12.6. The van der Waals surface area contributed by atoms with Crippen LogP contribution in [0.1, 0.15) is 33.2 Å². The topological polar surface area (TPSA) is 110 Å². The van der Waals surface area contributed by atoms with Gasteiger partial charge in [0, 0.05) is 24.6 Å². The van der Waals surface area contributed by atoms with Gasteiger partial charge in [0.15, 0.2) is 0 Å². The fourth-order valence-electron chi connectivity index (χ4n) is 2.43. The number of fused-ring (bicyclic) bond motifs is 1. The predicted octanol–water partition coefficient (Wildman–Crippen LogP) is 3.02. The molecule has 1 aliphatic rings. The first-order chi connectivity index (χ1) is 13.9. The summed E-state index contributed by atoms with van der Waals surface area (Å²) < 4.78 is 26.6. The summed E-state index contributed by atoms with van der Waals surface area (Å²) >= 11 is 12.1. The lowest BCUT2D eigenvalue weighted by molar-refractivity contribution is -0.116. The molecule has 160 valence electrons. The highest BCUT2D eigenvalue weighted by atomic mass is 35.5. The zero-order valence-corrected chi connectivity index (χ0v) is 18.6. The fraction of sp³-hybridized carbons (Fsp3) is 0.211. The van der Waals surface area contributed by atoms with Crippen LogP contribution in [0.25, 0.3) is 0 Å². The highest BCUT2D eigenvalue weighted by Gasteiger charge is 2.25. The summed E-state index contributed by atoms with van der Waals surface area (Å²) in [6.07, 6.45) is 0.931. The number of nitrogens with zero attached hydrogens (tertiary/aromatic N) is 1. The zero-order chi connectivity index (χ0) is 22.6. The van der Waals surface area contributed by atoms with Crippen LogP contribution in [0, 0.1) is 0 Å². The van der Waals surface area contributed by atoms with E-state index in [-0.39, 0.29) is 34.4 Å². The van der Waals surface area contributed by atoms with Crippen molar-refractivity contribution in [1.82, 2.24) is 5.32 Å². The third-order valence-corrected chi connectivity index (χ3v) is 5.38. The molecule has 0 bridgehead atoms. The number of carbonyl (C=O) groups excluding carboxylic acids is 3. The van der Waals surface area contributed by atoms with Crippen molar-refractivity contribution in [3.63, 3.8) is 0 Å². The van der Waals surface area contributed by atoms with Gasteiger partial charge in [0.2, 0.25) is 5.91 Å². The van der Waals surface area contributed by atoms with Crippen molar-refractivity contribution in [3.8, 4) is 0 Å². The SMILES string of the molecule is CC(=O)N(C)c1ccc(Cl)c(COS(C)(=O)=O)c1Cl.O=C1NC(=O)c2ccccc21. The molecular weight excluding hydrogens is 455 g/mol. The Hall–Kier alpha value is -2.46. The van der Waals surface area contributed by atoms with Crippen molar-refractivity contribution in [3.05, 3.63) is 63.1 Å². The van der Waals surface area contributed by atoms with Gasteiger partial charge >= 0.3 is 0 Å². The Morgan fingerprint density at radius 2 is 1.60 bits per heavy atom. The number of nitrogens with one attached hydrogen (secondary N) is 1. The van der Waals surface area contributed by atoms with Crippen LogP contribution in [0.5, 0.6) is 0 Å². The van der Waals surface area contributed by atoms with Crippen LogP contribution in [-0.4, -0.2) is 39.4 Å². The molecule has 0 spiro atoms. The molecular formula is C19H18Cl2N2O6S. The lowest BCUT2D eigenvalue weighted by Crippen LogP contribution is -2.23. The van der Waals surface area contributed by atoms with Crippen LogP contribution in [-0.2, 0) is 25.7 Å². The molecule has 0 unspecified atom stereocenters. The summed E-state index contributed by atoms with van der Waals surface area (Å²) in [5.74, 6) is -0.810. The van der Waals surface area contributed by atoms with E-state index in [9.17, 15) is 22.8 Å². The van der Waals surface area contributed by atoms with E-state index in [0.29, 0.717) is 22.4 Å². The summed E-state index contributed by atoms with van der Waals surface area (Å²) in [7, 11) is -2.05. The Labute approximate surface area is 183 Å². The highest BCUT2D eigenvalue weighted by Crippen LogP contribution is 2.34. The Kier molecular flexibility index (Phi) is 7.59. The first-order valence-electron chi connectivity index (χ1n) is 8.42. The monoisotopic (exact) mass is 472 g/mol. The third kappa shape index (κ3) is 5.79. The molecule has 2 aromatic carbocycles. The Morgan fingerprint density at radius 1 is 1.07 bits per heavy atom. The quantitative estimate of drug-likeness (QED) is 0.540. The number of imide groups is 1. The van der Waals surface area contributed by atoms with Crippen molar-refractivity contribution >= 4 is 56.7 Å².